The van der Waals surface area contributed by atoms with Gasteiger partial charge in [0, 0.05) is 24.9 Å². The van der Waals surface area contributed by atoms with E-state index in [2.05, 4.69) is 17.5 Å². The molecule has 2 rings (SSSR count). The molecule has 2 saturated carbocycles. The third-order valence-corrected chi connectivity index (χ3v) is 2.84. The van der Waals surface area contributed by atoms with Crippen molar-refractivity contribution in [3.8, 4) is 0 Å². The molecule has 11 heavy (non-hydrogen) atoms. The largest absolute Gasteiger partial charge is 0.299 e. The van der Waals surface area contributed by atoms with E-state index in [1.54, 1.807) is 0 Å². The van der Waals surface area contributed by atoms with Crippen LogP contribution in [0.1, 0.15) is 25.7 Å². The van der Waals surface area contributed by atoms with Crippen LogP contribution in [0.5, 0.6) is 0 Å². The van der Waals surface area contributed by atoms with E-state index >= 15 is 0 Å². The van der Waals surface area contributed by atoms with Gasteiger partial charge in [0.25, 0.3) is 0 Å². The molecule has 2 fully saturated rings. The maximum absolute atomic E-state index is 4.28. The van der Waals surface area contributed by atoms with Crippen molar-refractivity contribution in [3.63, 3.8) is 0 Å². The molecule has 64 valence electrons. The van der Waals surface area contributed by atoms with E-state index in [4.69, 9.17) is 0 Å². The molecule has 2 aliphatic rings. The molecule has 0 aromatic heterocycles. The zero-order valence-electron chi connectivity index (χ0n) is 7.00. The molecule has 0 aliphatic heterocycles. The van der Waals surface area contributed by atoms with E-state index in [-0.39, 0.29) is 0 Å². The fraction of sp³-hybridized carbons (Fsp3) is 1.00. The van der Waals surface area contributed by atoms with Crippen molar-refractivity contribution < 1.29 is 0 Å². The van der Waals surface area contributed by atoms with Gasteiger partial charge in [-0.2, -0.15) is 12.6 Å². The zero-order chi connectivity index (χ0) is 7.68. The molecule has 0 unspecified atom stereocenters. The second-order valence-electron chi connectivity index (χ2n) is 3.89. The second-order valence-corrected chi connectivity index (χ2v) is 4.34. The second kappa shape index (κ2) is 3.36. The van der Waals surface area contributed by atoms with Gasteiger partial charge >= 0.3 is 0 Å². The van der Waals surface area contributed by atoms with Crippen LogP contribution in [0.15, 0.2) is 0 Å². The summed E-state index contributed by atoms with van der Waals surface area (Å²) in [5.41, 5.74) is 0. The molecule has 0 aromatic carbocycles. The van der Waals surface area contributed by atoms with Crippen LogP contribution in [0.4, 0.5) is 0 Å². The molecule has 0 radical (unpaired) electrons. The summed E-state index contributed by atoms with van der Waals surface area (Å²) in [4.78, 5) is 2.64. The molecular weight excluding hydrogens is 154 g/mol. The quantitative estimate of drug-likeness (QED) is 0.617. The molecule has 0 saturated heterocycles. The lowest BCUT2D eigenvalue weighted by molar-refractivity contribution is 0.269. The molecule has 2 heteroatoms. The van der Waals surface area contributed by atoms with Crippen LogP contribution < -0.4 is 0 Å². The topological polar surface area (TPSA) is 3.24 Å². The van der Waals surface area contributed by atoms with Gasteiger partial charge in [-0.3, -0.25) is 4.90 Å². The van der Waals surface area contributed by atoms with Gasteiger partial charge in [-0.1, -0.05) is 0 Å². The fourth-order valence-electron chi connectivity index (χ4n) is 1.62. The van der Waals surface area contributed by atoms with E-state index in [0.29, 0.717) is 0 Å². The first-order valence-corrected chi connectivity index (χ1v) is 5.38. The summed E-state index contributed by atoms with van der Waals surface area (Å²) in [5.74, 6) is 2.08. The maximum atomic E-state index is 4.28. The van der Waals surface area contributed by atoms with E-state index in [1.165, 1.54) is 38.8 Å². The van der Waals surface area contributed by atoms with Gasteiger partial charge in [0.2, 0.25) is 0 Å². The molecule has 0 aromatic rings. The minimum absolute atomic E-state index is 0.947. The van der Waals surface area contributed by atoms with Crippen molar-refractivity contribution in [2.75, 3.05) is 18.8 Å². The van der Waals surface area contributed by atoms with Gasteiger partial charge in [-0.25, -0.2) is 0 Å². The molecule has 0 amide bonds. The highest BCUT2D eigenvalue weighted by atomic mass is 32.1. The van der Waals surface area contributed by atoms with Gasteiger partial charge in [0.1, 0.15) is 0 Å². The Hall–Kier alpha value is 0.310. The summed E-state index contributed by atoms with van der Waals surface area (Å²) >= 11 is 4.28. The van der Waals surface area contributed by atoms with Gasteiger partial charge in [-0.05, 0) is 31.6 Å². The van der Waals surface area contributed by atoms with Crippen LogP contribution in [-0.2, 0) is 0 Å². The van der Waals surface area contributed by atoms with E-state index in [0.717, 1.165) is 17.7 Å². The van der Waals surface area contributed by atoms with E-state index < -0.39 is 0 Å². The lowest BCUT2D eigenvalue weighted by Gasteiger charge is -2.20. The number of thiol groups is 1. The summed E-state index contributed by atoms with van der Waals surface area (Å²) in [6, 6.07) is 0.947. The normalized spacial score (nSPS) is 24.5. The minimum Gasteiger partial charge on any atom is -0.299 e. The zero-order valence-corrected chi connectivity index (χ0v) is 7.89. The van der Waals surface area contributed by atoms with Gasteiger partial charge in [-0.15, -0.1) is 0 Å². The van der Waals surface area contributed by atoms with Crippen LogP contribution in [-0.4, -0.2) is 29.8 Å². The SMILES string of the molecule is SCCN(CC1CC1)C1CC1. The van der Waals surface area contributed by atoms with Crippen LogP contribution in [0.2, 0.25) is 0 Å². The highest BCUT2D eigenvalue weighted by molar-refractivity contribution is 7.80. The average molecular weight is 171 g/mol. The number of hydrogen-bond acceptors (Lipinski definition) is 2. The summed E-state index contributed by atoms with van der Waals surface area (Å²) in [7, 11) is 0. The molecule has 0 atom stereocenters. The Morgan fingerprint density at radius 1 is 1.18 bits per heavy atom. The molecule has 2 aliphatic carbocycles. The van der Waals surface area contributed by atoms with Crippen LogP contribution in [0.25, 0.3) is 0 Å². The van der Waals surface area contributed by atoms with Gasteiger partial charge < -0.3 is 0 Å². The lowest BCUT2D eigenvalue weighted by atomic mass is 10.3. The summed E-state index contributed by atoms with van der Waals surface area (Å²) < 4.78 is 0. The monoisotopic (exact) mass is 171 g/mol. The molecule has 0 spiro atoms. The Labute approximate surface area is 74.6 Å². The fourth-order valence-corrected chi connectivity index (χ4v) is 1.88. The first kappa shape index (κ1) is 7.93. The first-order valence-electron chi connectivity index (χ1n) is 4.75. The smallest absolute Gasteiger partial charge is 0.00968 e. The molecule has 0 N–H and O–H groups in total. The van der Waals surface area contributed by atoms with Crippen molar-refractivity contribution >= 4 is 12.6 Å². The Bertz CT molecular complexity index is 130. The minimum atomic E-state index is 0.947. The highest BCUT2D eigenvalue weighted by Crippen LogP contribution is 2.34. The molecule has 0 bridgehead atoms. The number of hydrogen-bond donors (Lipinski definition) is 1. The standard InChI is InChI=1S/C9H17NS/c11-6-5-10(9-3-4-9)7-8-1-2-8/h8-9,11H,1-7H2. The molecule has 0 heterocycles. The maximum Gasteiger partial charge on any atom is 0.00968 e. The van der Waals surface area contributed by atoms with Crippen molar-refractivity contribution in [1.82, 2.24) is 4.90 Å². The number of nitrogens with zero attached hydrogens (tertiary/aromatic N) is 1. The lowest BCUT2D eigenvalue weighted by Crippen LogP contribution is -2.30. The van der Waals surface area contributed by atoms with Crippen LogP contribution in [0, 0.1) is 5.92 Å². The van der Waals surface area contributed by atoms with Crippen LogP contribution >= 0.6 is 12.6 Å². The summed E-state index contributed by atoms with van der Waals surface area (Å²) in [6.45, 7) is 2.58. The highest BCUT2D eigenvalue weighted by Gasteiger charge is 2.32. The summed E-state index contributed by atoms with van der Waals surface area (Å²) in [5, 5.41) is 0. The van der Waals surface area contributed by atoms with Crippen molar-refractivity contribution in [1.29, 1.82) is 0 Å². The van der Waals surface area contributed by atoms with Crippen LogP contribution in [0.3, 0.4) is 0 Å². The van der Waals surface area contributed by atoms with E-state index in [9.17, 15) is 0 Å². The Morgan fingerprint density at radius 2 is 1.91 bits per heavy atom. The summed E-state index contributed by atoms with van der Waals surface area (Å²) in [6.07, 6.45) is 5.85. The third kappa shape index (κ3) is 2.38. The Morgan fingerprint density at radius 3 is 2.36 bits per heavy atom. The number of rotatable bonds is 5. The third-order valence-electron chi connectivity index (χ3n) is 2.64. The Balaban J connectivity index is 1.72. The molecule has 1 nitrogen and oxygen atoms in total. The van der Waals surface area contributed by atoms with Gasteiger partial charge in [0.15, 0.2) is 0 Å². The Kier molecular flexibility index (Phi) is 2.42. The van der Waals surface area contributed by atoms with Crippen molar-refractivity contribution in [3.05, 3.63) is 0 Å². The van der Waals surface area contributed by atoms with Gasteiger partial charge in [0.05, 0.1) is 0 Å². The van der Waals surface area contributed by atoms with Crippen molar-refractivity contribution in [2.24, 2.45) is 5.92 Å². The van der Waals surface area contributed by atoms with Crippen molar-refractivity contribution in [2.45, 2.75) is 31.7 Å². The predicted molar refractivity (Wildman–Crippen MR) is 51.2 cm³/mol. The predicted octanol–water partition coefficient (Wildman–Crippen LogP) is 1.79. The first-order chi connectivity index (χ1) is 5.40. The molecular formula is C9H17NS. The van der Waals surface area contributed by atoms with E-state index in [1.807, 2.05) is 0 Å². The average Bonchev–Trinajstić information content (AvgIpc) is 2.84.